The predicted molar refractivity (Wildman–Crippen MR) is 135 cm³/mol. The summed E-state index contributed by atoms with van der Waals surface area (Å²) in [5, 5.41) is 30.4. The number of hydrogen-bond acceptors (Lipinski definition) is 10. The van der Waals surface area contributed by atoms with Gasteiger partial charge in [-0.05, 0) is 58.9 Å². The van der Waals surface area contributed by atoms with Gasteiger partial charge in [0.15, 0.2) is 5.82 Å². The molecule has 0 aliphatic carbocycles. The third kappa shape index (κ3) is 5.65. The Morgan fingerprint density at radius 2 is 2.00 bits per heavy atom. The van der Waals surface area contributed by atoms with Crippen LogP contribution in [0.25, 0.3) is 22.6 Å². The van der Waals surface area contributed by atoms with E-state index >= 15 is 0 Å². The smallest absolute Gasteiger partial charge is 0.163 e. The van der Waals surface area contributed by atoms with E-state index in [0.29, 0.717) is 59.7 Å². The van der Waals surface area contributed by atoms with Crippen molar-refractivity contribution in [1.82, 2.24) is 20.4 Å². The second kappa shape index (κ2) is 11.5. The molecular weight excluding hydrogens is 460 g/mol. The molecule has 0 spiro atoms. The first kappa shape index (κ1) is 25.6. The molecule has 3 heterocycles. The van der Waals surface area contributed by atoms with Crippen molar-refractivity contribution < 1.29 is 19.1 Å². The fourth-order valence-corrected chi connectivity index (χ4v) is 4.26. The summed E-state index contributed by atoms with van der Waals surface area (Å²) in [6.07, 6.45) is 1.09. The van der Waals surface area contributed by atoms with Crippen LogP contribution in [0.3, 0.4) is 0 Å². The molecule has 1 aliphatic rings. The minimum atomic E-state index is -0.661. The molecule has 0 bridgehead atoms. The minimum Gasteiger partial charge on any atom is -0.491 e. The molecule has 10 heteroatoms. The molecule has 1 unspecified atom stereocenters. The monoisotopic (exact) mass is 492 g/mol. The van der Waals surface area contributed by atoms with E-state index in [9.17, 15) is 10.4 Å². The second-order valence-electron chi connectivity index (χ2n) is 8.94. The summed E-state index contributed by atoms with van der Waals surface area (Å²) in [5.41, 5.74) is 4.08. The Morgan fingerprint density at radius 3 is 2.67 bits per heavy atom. The number of rotatable bonds is 9. The van der Waals surface area contributed by atoms with Crippen LogP contribution in [-0.2, 0) is 4.74 Å². The van der Waals surface area contributed by atoms with Gasteiger partial charge in [0.05, 0.1) is 28.6 Å². The van der Waals surface area contributed by atoms with Crippen LogP contribution in [-0.4, -0.2) is 65.8 Å². The van der Waals surface area contributed by atoms with Gasteiger partial charge in [-0.2, -0.15) is 5.26 Å². The lowest BCUT2D eigenvalue weighted by Crippen LogP contribution is -2.29. The van der Waals surface area contributed by atoms with E-state index in [1.54, 1.807) is 25.2 Å². The number of aliphatic hydroxyl groups is 1. The van der Waals surface area contributed by atoms with Gasteiger partial charge in [-0.3, -0.25) is 0 Å². The van der Waals surface area contributed by atoms with Gasteiger partial charge >= 0.3 is 0 Å². The fourth-order valence-electron chi connectivity index (χ4n) is 4.26. The molecule has 4 rings (SSSR count). The number of nitrogens with one attached hydrogen (secondary N) is 2. The molecule has 0 radical (unpaired) electrons. The third-order valence-corrected chi connectivity index (χ3v) is 6.21. The number of benzene rings is 1. The first-order valence-electron chi connectivity index (χ1n) is 12.1. The van der Waals surface area contributed by atoms with Crippen molar-refractivity contribution in [2.24, 2.45) is 0 Å². The molecule has 190 valence electrons. The van der Waals surface area contributed by atoms with Crippen LogP contribution in [0.1, 0.15) is 35.4 Å². The van der Waals surface area contributed by atoms with Gasteiger partial charge in [0.25, 0.3) is 0 Å². The van der Waals surface area contributed by atoms with Gasteiger partial charge in [-0.25, -0.2) is 9.97 Å². The number of ether oxygens (including phenoxy) is 2. The number of likely N-dealkylation sites (N-methyl/N-ethyl adjacent to an activating group) is 1. The van der Waals surface area contributed by atoms with Crippen LogP contribution in [0.15, 0.2) is 22.7 Å². The van der Waals surface area contributed by atoms with Gasteiger partial charge in [-0.15, -0.1) is 0 Å². The highest BCUT2D eigenvalue weighted by atomic mass is 16.5. The molecule has 1 saturated heterocycles. The Kier molecular flexibility index (Phi) is 8.15. The van der Waals surface area contributed by atoms with E-state index in [4.69, 9.17) is 24.0 Å². The zero-order chi connectivity index (χ0) is 25.7. The first-order valence-corrected chi connectivity index (χ1v) is 12.1. The van der Waals surface area contributed by atoms with Crippen LogP contribution in [0, 0.1) is 32.1 Å². The lowest BCUT2D eigenvalue weighted by Gasteiger charge is -2.25. The number of aryl methyl sites for hydroxylation is 2. The molecular formula is C26H32N6O4. The van der Waals surface area contributed by atoms with Crippen molar-refractivity contribution >= 4 is 5.82 Å². The summed E-state index contributed by atoms with van der Waals surface area (Å²) in [6.45, 7) is 7.62. The van der Waals surface area contributed by atoms with Gasteiger partial charge in [0, 0.05) is 36.9 Å². The van der Waals surface area contributed by atoms with Gasteiger partial charge in [0.1, 0.15) is 30.0 Å². The van der Waals surface area contributed by atoms with Crippen molar-refractivity contribution in [2.75, 3.05) is 38.7 Å². The second-order valence-corrected chi connectivity index (χ2v) is 8.94. The number of aromatic nitrogens is 3. The zero-order valence-corrected chi connectivity index (χ0v) is 21.1. The number of aliphatic hydroxyl groups excluding tert-OH is 1. The lowest BCUT2D eigenvalue weighted by atomic mass is 10.0. The number of anilines is 1. The maximum absolute atomic E-state index is 10.0. The minimum absolute atomic E-state index is 0.113. The SMILES string of the molecule is CNCC(O)COc1ccc(C#N)c(-c2nc(NC3CCOCC3)c(C)c(-c3c(C)noc3C)n2)c1. The molecule has 1 atom stereocenters. The quantitative estimate of drug-likeness (QED) is 0.408. The Hall–Kier alpha value is -3.52. The summed E-state index contributed by atoms with van der Waals surface area (Å²) >= 11 is 0. The molecule has 1 fully saturated rings. The topological polar surface area (TPSA) is 138 Å². The van der Waals surface area contributed by atoms with Crippen molar-refractivity contribution in [2.45, 2.75) is 45.8 Å². The van der Waals surface area contributed by atoms with E-state index in [0.717, 1.165) is 29.7 Å². The molecule has 1 aromatic carbocycles. The summed E-state index contributed by atoms with van der Waals surface area (Å²) in [4.78, 5) is 9.75. The number of nitrogens with zero attached hydrogens (tertiary/aromatic N) is 4. The largest absolute Gasteiger partial charge is 0.491 e. The molecule has 0 saturated carbocycles. The van der Waals surface area contributed by atoms with Crippen molar-refractivity contribution in [1.29, 1.82) is 5.26 Å². The van der Waals surface area contributed by atoms with Crippen LogP contribution in [0.2, 0.25) is 0 Å². The standard InChI is InChI=1S/C26H32N6O4/c1-15-24(23-16(2)32-36-17(23)3)30-26(31-25(15)29-19-7-9-34-10-8-19)22-11-21(6-5-18(22)12-27)35-14-20(33)13-28-4/h5-6,11,19-20,28,33H,7-10,13-14H2,1-4H3,(H,29,30,31). The van der Waals surface area contributed by atoms with Gasteiger partial charge in [0.2, 0.25) is 0 Å². The van der Waals surface area contributed by atoms with Crippen LogP contribution in [0.5, 0.6) is 5.75 Å². The number of hydrogen-bond donors (Lipinski definition) is 3. The fraction of sp³-hybridized carbons (Fsp3) is 0.462. The third-order valence-electron chi connectivity index (χ3n) is 6.21. The van der Waals surface area contributed by atoms with E-state index < -0.39 is 6.10 Å². The Labute approximate surface area is 210 Å². The molecule has 3 aromatic rings. The lowest BCUT2D eigenvalue weighted by molar-refractivity contribution is 0.0904. The van der Waals surface area contributed by atoms with Crippen LogP contribution >= 0.6 is 0 Å². The van der Waals surface area contributed by atoms with Crippen LogP contribution < -0.4 is 15.4 Å². The Balaban J connectivity index is 1.79. The maximum Gasteiger partial charge on any atom is 0.163 e. The average Bonchev–Trinajstić information content (AvgIpc) is 3.22. The molecule has 1 aliphatic heterocycles. The molecule has 2 aromatic heterocycles. The molecule has 0 amide bonds. The van der Waals surface area contributed by atoms with Crippen molar-refractivity contribution in [3.8, 4) is 34.5 Å². The Morgan fingerprint density at radius 1 is 1.22 bits per heavy atom. The predicted octanol–water partition coefficient (Wildman–Crippen LogP) is 3.15. The normalized spacial score (nSPS) is 14.9. The van der Waals surface area contributed by atoms with Gasteiger partial charge < -0.3 is 29.7 Å². The summed E-state index contributed by atoms with van der Waals surface area (Å²) in [7, 11) is 1.76. The maximum atomic E-state index is 10.0. The van der Waals surface area contributed by atoms with Crippen molar-refractivity contribution in [3.05, 3.63) is 40.8 Å². The summed E-state index contributed by atoms with van der Waals surface area (Å²) in [6, 6.07) is 7.58. The highest BCUT2D eigenvalue weighted by molar-refractivity contribution is 5.76. The van der Waals surface area contributed by atoms with Crippen molar-refractivity contribution in [3.63, 3.8) is 0 Å². The highest BCUT2D eigenvalue weighted by Gasteiger charge is 2.23. The van der Waals surface area contributed by atoms with E-state index in [1.807, 2.05) is 20.8 Å². The first-order chi connectivity index (χ1) is 17.4. The zero-order valence-electron chi connectivity index (χ0n) is 21.1. The van der Waals surface area contributed by atoms with Crippen LogP contribution in [0.4, 0.5) is 5.82 Å². The van der Waals surface area contributed by atoms with E-state index in [-0.39, 0.29) is 12.6 Å². The summed E-state index contributed by atoms with van der Waals surface area (Å²) < 4.78 is 16.7. The summed E-state index contributed by atoms with van der Waals surface area (Å²) in [5.74, 6) is 2.26. The molecule has 10 nitrogen and oxygen atoms in total. The highest BCUT2D eigenvalue weighted by Crippen LogP contribution is 2.35. The van der Waals surface area contributed by atoms with E-state index in [1.165, 1.54) is 0 Å². The Bertz CT molecular complexity index is 1230. The van der Waals surface area contributed by atoms with E-state index in [2.05, 4.69) is 21.9 Å². The molecule has 36 heavy (non-hydrogen) atoms. The molecule has 3 N–H and O–H groups in total. The average molecular weight is 493 g/mol. The van der Waals surface area contributed by atoms with Gasteiger partial charge in [-0.1, -0.05) is 5.16 Å². The number of nitriles is 1.